The van der Waals surface area contributed by atoms with Crippen LogP contribution in [0.1, 0.15) is 58.3 Å². The Kier molecular flexibility index (Phi) is 7.94. The highest BCUT2D eigenvalue weighted by atomic mass is 16.5. The lowest BCUT2D eigenvalue weighted by molar-refractivity contribution is 0.112. The van der Waals surface area contributed by atoms with Crippen molar-refractivity contribution in [3.8, 4) is 0 Å². The molecule has 1 rings (SSSR count). The van der Waals surface area contributed by atoms with E-state index in [1.165, 1.54) is 57.9 Å². The summed E-state index contributed by atoms with van der Waals surface area (Å²) in [6.07, 6.45) is 10.7. The Hall–Kier alpha value is -0.0800. The van der Waals surface area contributed by atoms with Gasteiger partial charge in [0.1, 0.15) is 0 Å². The van der Waals surface area contributed by atoms with Gasteiger partial charge in [0.05, 0.1) is 6.61 Å². The minimum Gasteiger partial charge on any atom is -0.380 e. The van der Waals surface area contributed by atoms with E-state index >= 15 is 0 Å². The third kappa shape index (κ3) is 6.91. The summed E-state index contributed by atoms with van der Waals surface area (Å²) < 4.78 is 5.66. The zero-order valence-corrected chi connectivity index (χ0v) is 10.3. The first kappa shape index (κ1) is 13.0. The molecule has 15 heavy (non-hydrogen) atoms. The van der Waals surface area contributed by atoms with Crippen LogP contribution in [0.3, 0.4) is 0 Å². The summed E-state index contributed by atoms with van der Waals surface area (Å²) in [6.45, 7) is 5.34. The summed E-state index contributed by atoms with van der Waals surface area (Å²) in [5.41, 5.74) is 0. The van der Waals surface area contributed by atoms with E-state index in [1.807, 2.05) is 0 Å². The molecule has 90 valence electrons. The largest absolute Gasteiger partial charge is 0.380 e. The minimum absolute atomic E-state index is 0.644. The number of unbranched alkanes of at least 4 members (excludes halogenated alkanes) is 5. The normalized spacial score (nSPS) is 21.0. The Morgan fingerprint density at radius 3 is 2.67 bits per heavy atom. The van der Waals surface area contributed by atoms with Crippen LogP contribution in [-0.4, -0.2) is 25.8 Å². The van der Waals surface area contributed by atoms with E-state index in [0.717, 1.165) is 13.2 Å². The van der Waals surface area contributed by atoms with Crippen LogP contribution in [0.4, 0.5) is 0 Å². The SMILES string of the molecule is CCCCCCCCOC[C@H]1CCCN1. The standard InChI is InChI=1S/C13H27NO/c1-2-3-4-5-6-7-11-15-12-13-9-8-10-14-13/h13-14H,2-12H2,1H3/t13-/m1/s1. The lowest BCUT2D eigenvalue weighted by Gasteiger charge is -2.10. The third-order valence-electron chi connectivity index (χ3n) is 3.12. The molecule has 0 aromatic rings. The summed E-state index contributed by atoms with van der Waals surface area (Å²) >= 11 is 0. The minimum atomic E-state index is 0.644. The monoisotopic (exact) mass is 213 g/mol. The van der Waals surface area contributed by atoms with E-state index in [4.69, 9.17) is 4.74 Å². The van der Waals surface area contributed by atoms with Crippen molar-refractivity contribution in [3.05, 3.63) is 0 Å². The van der Waals surface area contributed by atoms with Gasteiger partial charge < -0.3 is 10.1 Å². The number of ether oxygens (including phenoxy) is 1. The first-order valence-corrected chi connectivity index (χ1v) is 6.74. The molecule has 0 spiro atoms. The highest BCUT2D eigenvalue weighted by Gasteiger charge is 2.12. The summed E-state index contributed by atoms with van der Waals surface area (Å²) in [5, 5.41) is 3.45. The predicted molar refractivity (Wildman–Crippen MR) is 65.2 cm³/mol. The summed E-state index contributed by atoms with van der Waals surface area (Å²) in [4.78, 5) is 0. The molecule has 0 radical (unpaired) electrons. The van der Waals surface area contributed by atoms with Crippen LogP contribution in [-0.2, 0) is 4.74 Å². The van der Waals surface area contributed by atoms with Crippen LogP contribution in [0.15, 0.2) is 0 Å². The van der Waals surface area contributed by atoms with Gasteiger partial charge in [-0.3, -0.25) is 0 Å². The van der Waals surface area contributed by atoms with E-state index in [2.05, 4.69) is 12.2 Å². The molecule has 1 aliphatic rings. The van der Waals surface area contributed by atoms with E-state index in [0.29, 0.717) is 6.04 Å². The van der Waals surface area contributed by atoms with E-state index < -0.39 is 0 Å². The molecular weight excluding hydrogens is 186 g/mol. The average Bonchev–Trinajstić information content (AvgIpc) is 2.75. The quantitative estimate of drug-likeness (QED) is 0.594. The molecule has 0 aliphatic carbocycles. The molecule has 1 atom stereocenters. The predicted octanol–water partition coefficient (Wildman–Crippen LogP) is 3.12. The molecule has 1 heterocycles. The molecule has 2 heteroatoms. The van der Waals surface area contributed by atoms with Gasteiger partial charge in [-0.1, -0.05) is 39.0 Å². The number of rotatable bonds is 9. The maximum atomic E-state index is 5.66. The van der Waals surface area contributed by atoms with E-state index in [9.17, 15) is 0 Å². The Morgan fingerprint density at radius 2 is 1.93 bits per heavy atom. The van der Waals surface area contributed by atoms with E-state index in [-0.39, 0.29) is 0 Å². The Labute approximate surface area is 94.8 Å². The van der Waals surface area contributed by atoms with Crippen molar-refractivity contribution in [1.29, 1.82) is 0 Å². The number of hydrogen-bond donors (Lipinski definition) is 1. The molecular formula is C13H27NO. The molecule has 0 bridgehead atoms. The van der Waals surface area contributed by atoms with Crippen molar-refractivity contribution >= 4 is 0 Å². The topological polar surface area (TPSA) is 21.3 Å². The van der Waals surface area contributed by atoms with Crippen LogP contribution in [0, 0.1) is 0 Å². The van der Waals surface area contributed by atoms with Crippen LogP contribution in [0.5, 0.6) is 0 Å². The lowest BCUT2D eigenvalue weighted by atomic mass is 10.1. The van der Waals surface area contributed by atoms with Gasteiger partial charge in [0, 0.05) is 12.6 Å². The van der Waals surface area contributed by atoms with Crippen molar-refractivity contribution in [1.82, 2.24) is 5.32 Å². The van der Waals surface area contributed by atoms with Crippen molar-refractivity contribution in [2.75, 3.05) is 19.8 Å². The summed E-state index contributed by atoms with van der Waals surface area (Å²) in [6, 6.07) is 0.644. The van der Waals surface area contributed by atoms with Crippen molar-refractivity contribution < 1.29 is 4.74 Å². The molecule has 1 N–H and O–H groups in total. The van der Waals surface area contributed by atoms with Gasteiger partial charge in [0.15, 0.2) is 0 Å². The molecule has 0 unspecified atom stereocenters. The first-order chi connectivity index (χ1) is 7.43. The molecule has 0 aromatic carbocycles. The van der Waals surface area contributed by atoms with Crippen LogP contribution in [0.25, 0.3) is 0 Å². The summed E-state index contributed by atoms with van der Waals surface area (Å²) in [5.74, 6) is 0. The van der Waals surface area contributed by atoms with Gasteiger partial charge >= 0.3 is 0 Å². The van der Waals surface area contributed by atoms with Crippen LogP contribution >= 0.6 is 0 Å². The average molecular weight is 213 g/mol. The molecule has 1 fully saturated rings. The number of hydrogen-bond acceptors (Lipinski definition) is 2. The molecule has 2 nitrogen and oxygen atoms in total. The maximum absolute atomic E-state index is 5.66. The van der Waals surface area contributed by atoms with Crippen molar-refractivity contribution in [3.63, 3.8) is 0 Å². The smallest absolute Gasteiger partial charge is 0.0619 e. The van der Waals surface area contributed by atoms with Gasteiger partial charge in [0.25, 0.3) is 0 Å². The molecule has 0 amide bonds. The second-order valence-electron chi connectivity index (χ2n) is 4.64. The zero-order chi connectivity index (χ0) is 10.8. The van der Waals surface area contributed by atoms with Gasteiger partial charge in [-0.05, 0) is 25.8 Å². The Bertz CT molecular complexity index is 132. The second kappa shape index (κ2) is 9.17. The van der Waals surface area contributed by atoms with E-state index in [1.54, 1.807) is 0 Å². The van der Waals surface area contributed by atoms with Crippen LogP contribution < -0.4 is 5.32 Å². The van der Waals surface area contributed by atoms with Crippen molar-refractivity contribution in [2.24, 2.45) is 0 Å². The fourth-order valence-electron chi connectivity index (χ4n) is 2.11. The molecule has 1 saturated heterocycles. The molecule has 0 saturated carbocycles. The fourth-order valence-corrected chi connectivity index (χ4v) is 2.11. The van der Waals surface area contributed by atoms with Crippen LogP contribution in [0.2, 0.25) is 0 Å². The fraction of sp³-hybridized carbons (Fsp3) is 1.00. The van der Waals surface area contributed by atoms with Gasteiger partial charge in [-0.2, -0.15) is 0 Å². The third-order valence-corrected chi connectivity index (χ3v) is 3.12. The zero-order valence-electron chi connectivity index (χ0n) is 10.3. The molecule has 0 aromatic heterocycles. The van der Waals surface area contributed by atoms with Gasteiger partial charge in [-0.15, -0.1) is 0 Å². The molecule has 1 aliphatic heterocycles. The lowest BCUT2D eigenvalue weighted by Crippen LogP contribution is -2.26. The highest BCUT2D eigenvalue weighted by molar-refractivity contribution is 4.73. The highest BCUT2D eigenvalue weighted by Crippen LogP contribution is 2.07. The first-order valence-electron chi connectivity index (χ1n) is 6.74. The maximum Gasteiger partial charge on any atom is 0.0619 e. The number of nitrogens with one attached hydrogen (secondary N) is 1. The van der Waals surface area contributed by atoms with Gasteiger partial charge in [0.2, 0.25) is 0 Å². The Balaban J connectivity index is 1.73. The second-order valence-corrected chi connectivity index (χ2v) is 4.64. The van der Waals surface area contributed by atoms with Gasteiger partial charge in [-0.25, -0.2) is 0 Å². The van der Waals surface area contributed by atoms with Crippen molar-refractivity contribution in [2.45, 2.75) is 64.3 Å². The summed E-state index contributed by atoms with van der Waals surface area (Å²) in [7, 11) is 0. The Morgan fingerprint density at radius 1 is 1.13 bits per heavy atom.